The van der Waals surface area contributed by atoms with Crippen molar-refractivity contribution in [2.24, 2.45) is 0 Å². The van der Waals surface area contributed by atoms with Crippen LogP contribution in [0.2, 0.25) is 0 Å². The molecule has 4 rings (SSSR count). The molecule has 2 aromatic carbocycles. The molecule has 0 saturated heterocycles. The number of hydrogen-bond acceptors (Lipinski definition) is 5. The molecule has 6 nitrogen and oxygen atoms in total. The molecule has 1 aliphatic heterocycles. The minimum absolute atomic E-state index is 0.0971. The van der Waals surface area contributed by atoms with Gasteiger partial charge in [-0.1, -0.05) is 18.1 Å². The predicted molar refractivity (Wildman–Crippen MR) is 101 cm³/mol. The third-order valence-electron chi connectivity index (χ3n) is 3.73. The number of hydrogen-bond donors (Lipinski definition) is 0. The topological polar surface area (TPSA) is 64.6 Å². The second kappa shape index (κ2) is 8.02. The summed E-state index contributed by atoms with van der Waals surface area (Å²) in [7, 11) is 0. The number of rotatable bonds is 4. The van der Waals surface area contributed by atoms with Gasteiger partial charge in [0.05, 0.1) is 31.0 Å². The first-order valence-electron chi connectivity index (χ1n) is 12.8. The maximum Gasteiger partial charge on any atom is 0.573 e. The summed E-state index contributed by atoms with van der Waals surface area (Å²) in [6.45, 7) is -3.66. The highest BCUT2D eigenvalue weighted by molar-refractivity contribution is 5.98. The number of ether oxygens (including phenoxy) is 2. The fourth-order valence-corrected chi connectivity index (χ4v) is 2.46. The van der Waals surface area contributed by atoms with Crippen molar-refractivity contribution in [2.75, 3.05) is 13.1 Å². The highest BCUT2D eigenvalue weighted by Crippen LogP contribution is 2.31. The zero-order chi connectivity index (χ0) is 29.0. The smallest absolute Gasteiger partial charge is 0.491 e. The first kappa shape index (κ1) is 11.5. The first-order chi connectivity index (χ1) is 18.0. The molecular weight excluding hydrogens is 399 g/mol. The average molecular weight is 424 g/mol. The monoisotopic (exact) mass is 424 g/mol. The average Bonchev–Trinajstić information content (AvgIpc) is 2.94. The Morgan fingerprint density at radius 3 is 2.53 bits per heavy atom. The van der Waals surface area contributed by atoms with Crippen molar-refractivity contribution in [1.29, 1.82) is 0 Å². The Bertz CT molecular complexity index is 1460. The van der Waals surface area contributed by atoms with Crippen molar-refractivity contribution in [1.82, 2.24) is 14.9 Å². The highest BCUT2D eigenvalue weighted by Gasteiger charge is 2.31. The summed E-state index contributed by atoms with van der Waals surface area (Å²) in [5, 5.41) is 0. The lowest BCUT2D eigenvalue weighted by Gasteiger charge is -2.19. The Hall–Kier alpha value is -3.62. The van der Waals surface area contributed by atoms with E-state index in [1.165, 1.54) is 18.5 Å². The largest absolute Gasteiger partial charge is 0.573 e. The van der Waals surface area contributed by atoms with Crippen molar-refractivity contribution >= 4 is 5.91 Å². The molecule has 0 saturated carbocycles. The molecule has 1 amide bonds. The second-order valence-electron chi connectivity index (χ2n) is 5.78. The number of fused-ring (bicyclic) bond motifs is 1. The van der Waals surface area contributed by atoms with Gasteiger partial charge in [0, 0.05) is 12.4 Å². The predicted octanol–water partition coefficient (Wildman–Crippen LogP) is 4.08. The van der Waals surface area contributed by atoms with Gasteiger partial charge in [0.2, 0.25) is 0 Å². The molecular formula is C21H16F3N3O3. The molecule has 3 aromatic rings. The number of amides is 1. The number of benzene rings is 2. The van der Waals surface area contributed by atoms with E-state index in [4.69, 9.17) is 17.1 Å². The second-order valence-corrected chi connectivity index (χ2v) is 5.78. The first-order valence-corrected chi connectivity index (χ1v) is 8.28. The van der Waals surface area contributed by atoms with E-state index in [9.17, 15) is 18.0 Å². The number of aromatic nitrogens is 2. The van der Waals surface area contributed by atoms with Gasteiger partial charge in [-0.2, -0.15) is 0 Å². The van der Waals surface area contributed by atoms with E-state index in [0.717, 1.165) is 4.90 Å². The van der Waals surface area contributed by atoms with Gasteiger partial charge in [-0.05, 0) is 41.4 Å². The van der Waals surface area contributed by atoms with E-state index in [0.29, 0.717) is 0 Å². The van der Waals surface area contributed by atoms with Gasteiger partial charge in [0.1, 0.15) is 23.9 Å². The molecule has 0 spiro atoms. The van der Waals surface area contributed by atoms with Gasteiger partial charge < -0.3 is 14.4 Å². The quantitative estimate of drug-likeness (QED) is 0.632. The molecule has 0 unspecified atom stereocenters. The maximum absolute atomic E-state index is 13.6. The molecule has 30 heavy (non-hydrogen) atoms. The van der Waals surface area contributed by atoms with Crippen LogP contribution < -0.4 is 9.47 Å². The molecule has 0 fully saturated rings. The lowest BCUT2D eigenvalue weighted by molar-refractivity contribution is -0.274. The Labute approximate surface area is 182 Å². The van der Waals surface area contributed by atoms with Gasteiger partial charge in [-0.25, -0.2) is 9.97 Å². The van der Waals surface area contributed by atoms with E-state index < -0.39 is 95.9 Å². The molecule has 1 aromatic heterocycles. The van der Waals surface area contributed by atoms with Crippen LogP contribution in [0.15, 0.2) is 60.8 Å². The number of carbonyl (C=O) groups excluding carboxylic acids is 1. The zero-order valence-electron chi connectivity index (χ0n) is 23.8. The summed E-state index contributed by atoms with van der Waals surface area (Å²) >= 11 is 0. The van der Waals surface area contributed by atoms with Gasteiger partial charge in [-0.3, -0.25) is 4.79 Å². The van der Waals surface area contributed by atoms with Crippen LogP contribution in [-0.4, -0.2) is 40.2 Å². The molecule has 154 valence electrons. The van der Waals surface area contributed by atoms with E-state index in [-0.39, 0.29) is 12.4 Å². The molecule has 9 heteroatoms. The third kappa shape index (κ3) is 4.51. The Kier molecular flexibility index (Phi) is 3.08. The summed E-state index contributed by atoms with van der Waals surface area (Å²) in [5.41, 5.74) is -2.33. The zero-order valence-corrected chi connectivity index (χ0v) is 14.8. The van der Waals surface area contributed by atoms with Crippen molar-refractivity contribution in [3.05, 3.63) is 72.1 Å². The molecule has 0 radical (unpaired) electrons. The van der Waals surface area contributed by atoms with Crippen LogP contribution in [0.5, 0.6) is 11.5 Å². The molecule has 0 atom stereocenters. The fourth-order valence-electron chi connectivity index (χ4n) is 2.46. The summed E-state index contributed by atoms with van der Waals surface area (Å²) in [5.74, 6) is -3.17. The van der Waals surface area contributed by atoms with Gasteiger partial charge >= 0.3 is 6.36 Å². The molecule has 0 N–H and O–H groups in total. The minimum Gasteiger partial charge on any atom is -0.491 e. The summed E-state index contributed by atoms with van der Waals surface area (Å²) < 4.78 is 121. The molecule has 0 bridgehead atoms. The fraction of sp³-hybridized carbons (Fsp3) is 0.190. The molecule has 0 aliphatic carbocycles. The number of alkyl halides is 3. The summed E-state index contributed by atoms with van der Waals surface area (Å²) in [6, 6.07) is -6.06. The van der Waals surface area contributed by atoms with E-state index in [1.54, 1.807) is 0 Å². The van der Waals surface area contributed by atoms with Gasteiger partial charge in [0.25, 0.3) is 5.91 Å². The van der Waals surface area contributed by atoms with Crippen molar-refractivity contribution in [3.8, 4) is 22.6 Å². The third-order valence-corrected chi connectivity index (χ3v) is 3.73. The maximum atomic E-state index is 13.6. The Balaban J connectivity index is 1.97. The lowest BCUT2D eigenvalue weighted by atomic mass is 10.0. The number of halogens is 3. The van der Waals surface area contributed by atoms with Crippen LogP contribution in [0.1, 0.15) is 28.5 Å². The Morgan fingerprint density at radius 2 is 1.83 bits per heavy atom. The van der Waals surface area contributed by atoms with E-state index in [2.05, 4.69) is 14.7 Å². The van der Waals surface area contributed by atoms with Crippen molar-refractivity contribution in [2.45, 2.75) is 12.9 Å². The van der Waals surface area contributed by atoms with E-state index in [1.807, 2.05) is 0 Å². The van der Waals surface area contributed by atoms with Crippen LogP contribution in [-0.2, 0) is 6.54 Å². The SMILES string of the molecule is [2H]c1c([2H])c(-c2c([2H])c([2H])c3c(c2[2H])C(=O)N(Cc2ncccn2)CC([2H])([2H])O3)c([2H])c([2H])c1OC(F)(F)F. The summed E-state index contributed by atoms with van der Waals surface area (Å²) in [4.78, 5) is 22.4. The standard InChI is InChI=1S/C21H16F3N3O3/c22-21(23,24)30-16-5-2-14(3-6-16)15-4-7-18-17(12-15)20(28)27(10-11-29-18)13-19-25-8-1-9-26-19/h1-9,12H,10-11,13H2/i2D,3D,4D,5D,6D,7D,11D2,12D. The van der Waals surface area contributed by atoms with Crippen LogP contribution in [0.4, 0.5) is 13.2 Å². The minimum atomic E-state index is -5.35. The van der Waals surface area contributed by atoms with Crippen LogP contribution in [0.3, 0.4) is 0 Å². The van der Waals surface area contributed by atoms with Crippen molar-refractivity contribution in [3.63, 3.8) is 0 Å². The highest BCUT2D eigenvalue weighted by atomic mass is 19.4. The van der Waals surface area contributed by atoms with Gasteiger partial charge in [-0.15, -0.1) is 13.2 Å². The van der Waals surface area contributed by atoms with Crippen LogP contribution >= 0.6 is 0 Å². The molecule has 2 heterocycles. The van der Waals surface area contributed by atoms with Crippen LogP contribution in [0.25, 0.3) is 11.1 Å². The van der Waals surface area contributed by atoms with E-state index >= 15 is 0 Å². The lowest BCUT2D eigenvalue weighted by Crippen LogP contribution is -2.32. The molecule has 1 aliphatic rings. The Morgan fingerprint density at radius 1 is 1.13 bits per heavy atom. The number of nitrogens with zero attached hydrogens (tertiary/aromatic N) is 3. The van der Waals surface area contributed by atoms with Gasteiger partial charge in [0.15, 0.2) is 0 Å². The normalized spacial score (nSPS) is 19.9. The van der Waals surface area contributed by atoms with Crippen LogP contribution in [0, 0.1) is 0 Å². The van der Waals surface area contributed by atoms with Crippen molar-refractivity contribution < 1.29 is 39.8 Å². The number of carbonyl (C=O) groups is 1. The summed E-state index contributed by atoms with van der Waals surface area (Å²) in [6.07, 6.45) is -2.60.